The first-order valence-electron chi connectivity index (χ1n) is 8.33. The van der Waals surface area contributed by atoms with E-state index in [2.05, 4.69) is 20.4 Å². The second-order valence-corrected chi connectivity index (χ2v) is 6.59. The molecule has 22 heavy (non-hydrogen) atoms. The number of nitrogens with zero attached hydrogens (tertiary/aromatic N) is 3. The van der Waals surface area contributed by atoms with Crippen LogP contribution in [0.1, 0.15) is 68.7 Å². The van der Waals surface area contributed by atoms with Gasteiger partial charge in [0.25, 0.3) is 5.89 Å². The van der Waals surface area contributed by atoms with Gasteiger partial charge in [-0.15, -0.1) is 0 Å². The Kier molecular flexibility index (Phi) is 3.73. The summed E-state index contributed by atoms with van der Waals surface area (Å²) in [6.07, 6.45) is 7.88. The molecule has 0 radical (unpaired) electrons. The zero-order valence-electron chi connectivity index (χ0n) is 12.7. The molecule has 3 aliphatic rings. The monoisotopic (exact) mass is 305 g/mol. The summed E-state index contributed by atoms with van der Waals surface area (Å²) in [5, 5.41) is 7.28. The predicted molar refractivity (Wildman–Crippen MR) is 80.4 cm³/mol. The first-order chi connectivity index (χ1) is 10.8. The van der Waals surface area contributed by atoms with Crippen molar-refractivity contribution in [2.75, 3.05) is 6.54 Å². The number of nitrogens with one attached hydrogen (secondary N) is 1. The minimum atomic E-state index is -0.0824. The standard InChI is InChI=1S/C15H23N5O2/c16-15(18-10-2-1-3-10)17-8-11-6-7-12(21-11)14-19-13(20-22-14)9-4-5-9/h9-12H,1-8H2,(H3,16,17,18)/t11-,12+/m1/s1. The normalized spacial score (nSPS) is 29.5. The average Bonchev–Trinajstić information content (AvgIpc) is 3.01. The smallest absolute Gasteiger partial charge is 0.255 e. The molecule has 1 saturated heterocycles. The summed E-state index contributed by atoms with van der Waals surface area (Å²) < 4.78 is 11.3. The molecule has 0 unspecified atom stereocenters. The fraction of sp³-hybridized carbons (Fsp3) is 0.800. The predicted octanol–water partition coefficient (Wildman–Crippen LogP) is 1.62. The Bertz CT molecular complexity index is 550. The van der Waals surface area contributed by atoms with Gasteiger partial charge in [-0.2, -0.15) is 4.98 Å². The largest absolute Gasteiger partial charge is 0.370 e. The van der Waals surface area contributed by atoms with E-state index in [-0.39, 0.29) is 12.2 Å². The van der Waals surface area contributed by atoms with Crippen molar-refractivity contribution in [1.29, 1.82) is 0 Å². The maximum absolute atomic E-state index is 5.97. The summed E-state index contributed by atoms with van der Waals surface area (Å²) in [5.74, 6) is 2.50. The van der Waals surface area contributed by atoms with Crippen LogP contribution in [0.3, 0.4) is 0 Å². The maximum Gasteiger partial charge on any atom is 0.255 e. The number of aliphatic imine (C=N–C) groups is 1. The van der Waals surface area contributed by atoms with Crippen molar-refractivity contribution < 1.29 is 9.26 Å². The third-order valence-electron chi connectivity index (χ3n) is 4.71. The summed E-state index contributed by atoms with van der Waals surface area (Å²) in [6.45, 7) is 0.589. The van der Waals surface area contributed by atoms with Crippen LogP contribution in [0.2, 0.25) is 0 Å². The van der Waals surface area contributed by atoms with Crippen LogP contribution < -0.4 is 11.1 Å². The van der Waals surface area contributed by atoms with E-state index in [1.54, 1.807) is 0 Å². The van der Waals surface area contributed by atoms with Crippen molar-refractivity contribution in [3.63, 3.8) is 0 Å². The van der Waals surface area contributed by atoms with Gasteiger partial charge in [-0.25, -0.2) is 0 Å². The maximum atomic E-state index is 5.97. The molecule has 4 rings (SSSR count). The molecule has 1 aliphatic heterocycles. The van der Waals surface area contributed by atoms with Gasteiger partial charge >= 0.3 is 0 Å². The first kappa shape index (κ1) is 14.0. The minimum absolute atomic E-state index is 0.0824. The summed E-state index contributed by atoms with van der Waals surface area (Å²) in [4.78, 5) is 8.86. The van der Waals surface area contributed by atoms with Gasteiger partial charge in [-0.05, 0) is 44.9 Å². The molecule has 2 saturated carbocycles. The summed E-state index contributed by atoms with van der Waals surface area (Å²) in [7, 11) is 0. The van der Waals surface area contributed by atoms with Crippen LogP contribution in [0, 0.1) is 0 Å². The molecule has 7 nitrogen and oxygen atoms in total. The highest BCUT2D eigenvalue weighted by molar-refractivity contribution is 5.78. The second kappa shape index (κ2) is 5.87. The molecule has 120 valence electrons. The molecule has 2 atom stereocenters. The van der Waals surface area contributed by atoms with Crippen LogP contribution in [0.15, 0.2) is 9.52 Å². The number of nitrogens with two attached hydrogens (primary N) is 1. The zero-order chi connectivity index (χ0) is 14.9. The lowest BCUT2D eigenvalue weighted by Gasteiger charge is -2.26. The highest BCUT2D eigenvalue weighted by atomic mass is 16.5. The van der Waals surface area contributed by atoms with Crippen LogP contribution in [-0.4, -0.2) is 34.8 Å². The van der Waals surface area contributed by atoms with Crippen molar-refractivity contribution in [2.24, 2.45) is 10.7 Å². The Morgan fingerprint density at radius 3 is 2.82 bits per heavy atom. The average molecular weight is 305 g/mol. The second-order valence-electron chi connectivity index (χ2n) is 6.59. The number of rotatable bonds is 5. The first-order valence-corrected chi connectivity index (χ1v) is 8.33. The number of aromatic nitrogens is 2. The molecular formula is C15H23N5O2. The molecule has 1 aromatic heterocycles. The number of hydrogen-bond acceptors (Lipinski definition) is 5. The molecule has 3 N–H and O–H groups in total. The Hall–Kier alpha value is -1.63. The summed E-state index contributed by atoms with van der Waals surface area (Å²) in [5.41, 5.74) is 5.89. The van der Waals surface area contributed by atoms with E-state index in [9.17, 15) is 0 Å². The molecule has 3 fully saturated rings. The van der Waals surface area contributed by atoms with Gasteiger partial charge in [0.2, 0.25) is 0 Å². The Labute approximate surface area is 129 Å². The van der Waals surface area contributed by atoms with Gasteiger partial charge in [0.1, 0.15) is 6.10 Å². The van der Waals surface area contributed by atoms with E-state index in [1.807, 2.05) is 0 Å². The molecule has 1 aromatic rings. The Morgan fingerprint density at radius 2 is 2.09 bits per heavy atom. The van der Waals surface area contributed by atoms with Crippen molar-refractivity contribution in [3.8, 4) is 0 Å². The molecule has 7 heteroatoms. The van der Waals surface area contributed by atoms with E-state index in [1.165, 1.54) is 32.1 Å². The number of ether oxygens (including phenoxy) is 1. The number of hydrogen-bond donors (Lipinski definition) is 2. The van der Waals surface area contributed by atoms with E-state index in [4.69, 9.17) is 15.0 Å². The van der Waals surface area contributed by atoms with Crippen molar-refractivity contribution in [1.82, 2.24) is 15.5 Å². The minimum Gasteiger partial charge on any atom is -0.370 e. The quantitative estimate of drug-likeness (QED) is 0.633. The SMILES string of the molecule is NC(=NC[C@H]1CC[C@@H](c2nc(C3CC3)no2)O1)NC1CCC1. The van der Waals surface area contributed by atoms with Gasteiger partial charge in [0, 0.05) is 12.0 Å². The zero-order valence-corrected chi connectivity index (χ0v) is 12.7. The van der Waals surface area contributed by atoms with E-state index in [0.29, 0.717) is 30.4 Å². The van der Waals surface area contributed by atoms with Gasteiger partial charge in [0.05, 0.1) is 12.6 Å². The third kappa shape index (κ3) is 3.09. The van der Waals surface area contributed by atoms with Gasteiger partial charge in [-0.1, -0.05) is 5.16 Å². The third-order valence-corrected chi connectivity index (χ3v) is 4.71. The molecule has 0 spiro atoms. The van der Waals surface area contributed by atoms with E-state index >= 15 is 0 Å². The Balaban J connectivity index is 1.27. The molecule has 2 aliphatic carbocycles. The van der Waals surface area contributed by atoms with Gasteiger partial charge in [-0.3, -0.25) is 4.99 Å². The van der Waals surface area contributed by atoms with E-state index in [0.717, 1.165) is 18.7 Å². The molecule has 0 bridgehead atoms. The van der Waals surface area contributed by atoms with Gasteiger partial charge in [0.15, 0.2) is 11.8 Å². The summed E-state index contributed by atoms with van der Waals surface area (Å²) in [6, 6.07) is 0.514. The molecule has 0 aromatic carbocycles. The van der Waals surface area contributed by atoms with Crippen molar-refractivity contribution >= 4 is 5.96 Å². The van der Waals surface area contributed by atoms with Crippen LogP contribution in [0.4, 0.5) is 0 Å². The molecular weight excluding hydrogens is 282 g/mol. The van der Waals surface area contributed by atoms with Crippen LogP contribution in [-0.2, 0) is 4.74 Å². The highest BCUT2D eigenvalue weighted by Crippen LogP contribution is 2.39. The van der Waals surface area contributed by atoms with Crippen LogP contribution >= 0.6 is 0 Å². The van der Waals surface area contributed by atoms with Crippen LogP contribution in [0.5, 0.6) is 0 Å². The lowest BCUT2D eigenvalue weighted by Crippen LogP contribution is -2.44. The molecule has 0 amide bonds. The van der Waals surface area contributed by atoms with Gasteiger partial charge < -0.3 is 20.3 Å². The molecule has 2 heterocycles. The topological polar surface area (TPSA) is 98.6 Å². The fourth-order valence-corrected chi connectivity index (χ4v) is 2.91. The lowest BCUT2D eigenvalue weighted by molar-refractivity contribution is 0.0309. The lowest BCUT2D eigenvalue weighted by atomic mass is 9.93. The van der Waals surface area contributed by atoms with Crippen LogP contribution in [0.25, 0.3) is 0 Å². The summed E-state index contributed by atoms with van der Waals surface area (Å²) >= 11 is 0. The van der Waals surface area contributed by atoms with Crippen molar-refractivity contribution in [2.45, 2.75) is 69.1 Å². The van der Waals surface area contributed by atoms with Crippen molar-refractivity contribution in [3.05, 3.63) is 11.7 Å². The number of guanidine groups is 1. The van der Waals surface area contributed by atoms with E-state index < -0.39 is 0 Å². The highest BCUT2D eigenvalue weighted by Gasteiger charge is 2.34. The Morgan fingerprint density at radius 1 is 1.23 bits per heavy atom. The fourth-order valence-electron chi connectivity index (χ4n) is 2.91.